The van der Waals surface area contributed by atoms with E-state index in [1.165, 1.54) is 29.7 Å². The average molecular weight is 669 g/mol. The van der Waals surface area contributed by atoms with E-state index in [0.29, 0.717) is 18.0 Å². The molecule has 11 heteroatoms. The van der Waals surface area contributed by atoms with Gasteiger partial charge in [0.05, 0.1) is 50.2 Å². The predicted molar refractivity (Wildman–Crippen MR) is 187 cm³/mol. The number of hydrogen-bond acceptors (Lipinski definition) is 8. The molecule has 0 radical (unpaired) electrons. The van der Waals surface area contributed by atoms with Gasteiger partial charge < -0.3 is 13.9 Å². The van der Waals surface area contributed by atoms with Crippen LogP contribution in [0.15, 0.2) is 120 Å². The lowest BCUT2D eigenvalue weighted by atomic mass is 10.2. The van der Waals surface area contributed by atoms with Gasteiger partial charge in [-0.15, -0.1) is 0 Å². The van der Waals surface area contributed by atoms with Gasteiger partial charge in [0, 0.05) is 6.20 Å². The van der Waals surface area contributed by atoms with Crippen molar-refractivity contribution in [2.24, 2.45) is 0 Å². The smallest absolute Gasteiger partial charge is 0.271 e. The summed E-state index contributed by atoms with van der Waals surface area (Å²) in [6.07, 6.45) is 3.05. The number of anilines is 2. The molecule has 47 heavy (non-hydrogen) atoms. The summed E-state index contributed by atoms with van der Waals surface area (Å²) in [6.45, 7) is 8.92. The second-order valence-electron chi connectivity index (χ2n) is 12.0. The molecule has 2 heterocycles. The Balaban J connectivity index is 1.41. The molecule has 9 nitrogen and oxygen atoms in total. The van der Waals surface area contributed by atoms with Crippen LogP contribution in [0.4, 0.5) is 11.5 Å². The van der Waals surface area contributed by atoms with E-state index in [4.69, 9.17) is 13.9 Å². The Kier molecular flexibility index (Phi) is 10.5. The molecule has 0 saturated heterocycles. The highest BCUT2D eigenvalue weighted by atomic mass is 32.2. The third-order valence-corrected chi connectivity index (χ3v) is 14.6. The van der Waals surface area contributed by atoms with E-state index in [9.17, 15) is 8.42 Å². The summed E-state index contributed by atoms with van der Waals surface area (Å²) in [6, 6.07) is 32.6. The van der Waals surface area contributed by atoms with Gasteiger partial charge in [0.25, 0.3) is 24.2 Å². The van der Waals surface area contributed by atoms with Gasteiger partial charge in [-0.1, -0.05) is 99.6 Å². The lowest BCUT2D eigenvalue weighted by Crippen LogP contribution is -2.66. The molecule has 5 aromatic rings. The van der Waals surface area contributed by atoms with Crippen molar-refractivity contribution in [1.29, 1.82) is 0 Å². The molecule has 2 aromatic heterocycles. The monoisotopic (exact) mass is 668 g/mol. The van der Waals surface area contributed by atoms with E-state index < -0.39 is 18.3 Å². The van der Waals surface area contributed by atoms with Crippen LogP contribution in [0.1, 0.15) is 32.2 Å². The van der Waals surface area contributed by atoms with Crippen LogP contribution in [0.2, 0.25) is 5.04 Å². The van der Waals surface area contributed by atoms with Crippen molar-refractivity contribution in [3.63, 3.8) is 0 Å². The number of para-hydroxylation sites is 1. The van der Waals surface area contributed by atoms with E-state index in [-0.39, 0.29) is 40.5 Å². The maximum Gasteiger partial charge on any atom is 0.271 e. The fraction of sp³-hybridized carbons (Fsp3) is 0.250. The summed E-state index contributed by atoms with van der Waals surface area (Å²) < 4.78 is 48.5. The zero-order valence-corrected chi connectivity index (χ0v) is 29.1. The first-order valence-corrected chi connectivity index (χ1v) is 18.7. The maximum atomic E-state index is 14.4. The molecule has 0 saturated carbocycles. The number of ether oxygens (including phenoxy) is 2. The molecule has 3 aromatic carbocycles. The SMILES string of the molecule is COc1nc(C)cnc1N(c1ccccc1)S(=O)(=O)c1cccnc1COCCO[Si](c1ccccc1)(c1ccccc1)C(C)(C)C. The van der Waals surface area contributed by atoms with Crippen molar-refractivity contribution in [3.05, 3.63) is 127 Å². The number of rotatable bonds is 13. The molecule has 0 N–H and O–H groups in total. The molecular formula is C36H40N4O5SSi. The minimum Gasteiger partial charge on any atom is -0.478 e. The first-order chi connectivity index (χ1) is 22.6. The molecule has 0 aliphatic heterocycles. The van der Waals surface area contributed by atoms with Crippen LogP contribution in [0, 0.1) is 6.92 Å². The van der Waals surface area contributed by atoms with Gasteiger partial charge in [-0.05, 0) is 46.6 Å². The normalized spacial score (nSPS) is 12.1. The summed E-state index contributed by atoms with van der Waals surface area (Å²) in [4.78, 5) is 13.2. The molecule has 0 spiro atoms. The Hall–Kier alpha value is -4.42. The third kappa shape index (κ3) is 7.13. The van der Waals surface area contributed by atoms with Crippen LogP contribution >= 0.6 is 0 Å². The number of aromatic nitrogens is 3. The van der Waals surface area contributed by atoms with E-state index in [1.54, 1.807) is 43.5 Å². The molecule has 244 valence electrons. The van der Waals surface area contributed by atoms with Gasteiger partial charge in [-0.25, -0.2) is 22.7 Å². The molecule has 0 bridgehead atoms. The molecule has 0 fully saturated rings. The first-order valence-electron chi connectivity index (χ1n) is 15.3. The highest BCUT2D eigenvalue weighted by Crippen LogP contribution is 2.38. The molecule has 0 aliphatic rings. The number of pyridine rings is 1. The Bertz CT molecular complexity index is 1830. The number of sulfonamides is 1. The van der Waals surface area contributed by atoms with E-state index in [0.717, 1.165) is 4.31 Å². The van der Waals surface area contributed by atoms with E-state index in [1.807, 2.05) is 42.5 Å². The van der Waals surface area contributed by atoms with Crippen LogP contribution in [-0.4, -0.2) is 52.0 Å². The van der Waals surface area contributed by atoms with Gasteiger partial charge in [0.1, 0.15) is 4.90 Å². The minimum atomic E-state index is -4.26. The highest BCUT2D eigenvalue weighted by molar-refractivity contribution is 7.93. The zero-order valence-electron chi connectivity index (χ0n) is 27.3. The molecule has 0 aliphatic carbocycles. The van der Waals surface area contributed by atoms with Crippen LogP contribution in [0.3, 0.4) is 0 Å². The predicted octanol–water partition coefficient (Wildman–Crippen LogP) is 5.81. The molecule has 5 rings (SSSR count). The second kappa shape index (κ2) is 14.6. The third-order valence-electron chi connectivity index (χ3n) is 7.79. The number of benzene rings is 3. The Morgan fingerprint density at radius 1 is 0.787 bits per heavy atom. The van der Waals surface area contributed by atoms with Crippen LogP contribution in [0.25, 0.3) is 0 Å². The summed E-state index contributed by atoms with van der Waals surface area (Å²) in [5.41, 5.74) is 1.23. The molecular weight excluding hydrogens is 629 g/mol. The summed E-state index contributed by atoms with van der Waals surface area (Å²) >= 11 is 0. The minimum absolute atomic E-state index is 0.0128. The average Bonchev–Trinajstić information content (AvgIpc) is 3.08. The largest absolute Gasteiger partial charge is 0.478 e. The zero-order chi connectivity index (χ0) is 33.5. The Morgan fingerprint density at radius 3 is 1.96 bits per heavy atom. The summed E-state index contributed by atoms with van der Waals surface area (Å²) in [5.74, 6) is 0.123. The second-order valence-corrected chi connectivity index (χ2v) is 18.0. The van der Waals surface area contributed by atoms with Crippen molar-refractivity contribution >= 4 is 40.2 Å². The topological polar surface area (TPSA) is 104 Å². The van der Waals surface area contributed by atoms with Gasteiger partial charge in [-0.3, -0.25) is 4.98 Å². The number of hydrogen-bond donors (Lipinski definition) is 0. The van der Waals surface area contributed by atoms with Crippen LogP contribution in [0.5, 0.6) is 5.88 Å². The lowest BCUT2D eigenvalue weighted by molar-refractivity contribution is 0.0827. The van der Waals surface area contributed by atoms with Crippen LogP contribution < -0.4 is 19.4 Å². The van der Waals surface area contributed by atoms with Crippen molar-refractivity contribution in [2.45, 2.75) is 44.2 Å². The van der Waals surface area contributed by atoms with Gasteiger partial charge in [-0.2, -0.15) is 0 Å². The highest BCUT2D eigenvalue weighted by Gasteiger charge is 2.50. The number of methoxy groups -OCH3 is 1. The molecule has 0 atom stereocenters. The Morgan fingerprint density at radius 2 is 1.38 bits per heavy atom. The quantitative estimate of drug-likeness (QED) is 0.114. The maximum absolute atomic E-state index is 14.4. The van der Waals surface area contributed by atoms with Crippen molar-refractivity contribution in [1.82, 2.24) is 15.0 Å². The number of aryl methyl sites for hydroxylation is 1. The summed E-state index contributed by atoms with van der Waals surface area (Å²) in [7, 11) is -5.57. The van der Waals surface area contributed by atoms with E-state index >= 15 is 0 Å². The Labute approximate surface area is 278 Å². The van der Waals surface area contributed by atoms with E-state index in [2.05, 4.69) is 60.0 Å². The van der Waals surface area contributed by atoms with Crippen LogP contribution in [-0.2, 0) is 25.8 Å². The fourth-order valence-corrected chi connectivity index (χ4v) is 11.9. The molecule has 0 unspecified atom stereocenters. The van der Waals surface area contributed by atoms with Crippen molar-refractivity contribution in [2.75, 3.05) is 24.6 Å². The lowest BCUT2D eigenvalue weighted by Gasteiger charge is -2.43. The van der Waals surface area contributed by atoms with Gasteiger partial charge >= 0.3 is 0 Å². The summed E-state index contributed by atoms with van der Waals surface area (Å²) in [5, 5.41) is 2.17. The fourth-order valence-electron chi connectivity index (χ4n) is 5.71. The molecule has 0 amide bonds. The van der Waals surface area contributed by atoms with Gasteiger partial charge in [0.2, 0.25) is 5.82 Å². The van der Waals surface area contributed by atoms with Crippen molar-refractivity contribution < 1.29 is 22.3 Å². The van der Waals surface area contributed by atoms with Gasteiger partial charge in [0.15, 0.2) is 0 Å². The van der Waals surface area contributed by atoms with Crippen molar-refractivity contribution in [3.8, 4) is 5.88 Å². The number of nitrogens with zero attached hydrogens (tertiary/aromatic N) is 4. The first kappa shape index (κ1) is 33.9. The standard InChI is InChI=1S/C36H40N4O5SSi/c1-28-26-38-34(35(39-28)43-5)40(29-16-9-6-10-17-29)46(41,42)33-22-15-23-37-32(33)27-44-24-25-45-47(36(2,3)4,30-18-11-7-12-19-30)31-20-13-8-14-21-31/h6-23,26H,24-25,27H2,1-5H3.